The molecule has 0 saturated carbocycles. The van der Waals surface area contributed by atoms with Crippen LogP contribution in [0.3, 0.4) is 0 Å². The summed E-state index contributed by atoms with van der Waals surface area (Å²) in [6, 6.07) is 5.32. The Morgan fingerprint density at radius 3 is 2.74 bits per heavy atom. The van der Waals surface area contributed by atoms with E-state index in [1.54, 1.807) is 25.3 Å². The van der Waals surface area contributed by atoms with Crippen LogP contribution in [0.25, 0.3) is 0 Å². The van der Waals surface area contributed by atoms with Gasteiger partial charge in [0.25, 0.3) is 5.56 Å². The molecule has 23 heavy (non-hydrogen) atoms. The van der Waals surface area contributed by atoms with Gasteiger partial charge in [0.1, 0.15) is 17.3 Å². The first-order valence-electron chi connectivity index (χ1n) is 7.14. The second-order valence-corrected chi connectivity index (χ2v) is 5.50. The third-order valence-electron chi connectivity index (χ3n) is 3.23. The molecule has 0 amide bonds. The summed E-state index contributed by atoms with van der Waals surface area (Å²) in [5.74, 6) is -0.208. The van der Waals surface area contributed by atoms with Crippen molar-refractivity contribution in [1.29, 1.82) is 5.26 Å². The van der Waals surface area contributed by atoms with Gasteiger partial charge in [-0.1, -0.05) is 13.8 Å². The molecule has 0 bridgehead atoms. The highest BCUT2D eigenvalue weighted by atomic mass is 16.3. The van der Waals surface area contributed by atoms with Crippen molar-refractivity contribution in [3.63, 3.8) is 0 Å². The molecule has 7 heteroatoms. The van der Waals surface area contributed by atoms with Crippen molar-refractivity contribution in [2.75, 3.05) is 0 Å². The van der Waals surface area contributed by atoms with Crippen LogP contribution in [0.15, 0.2) is 39.5 Å². The van der Waals surface area contributed by atoms with Crippen molar-refractivity contribution in [1.82, 2.24) is 9.55 Å². The van der Waals surface area contributed by atoms with Gasteiger partial charge in [-0.05, 0) is 25.0 Å². The Hall–Kier alpha value is -3.01. The highest BCUT2D eigenvalue weighted by molar-refractivity contribution is 5.56. The topological polar surface area (TPSA) is 104 Å². The van der Waals surface area contributed by atoms with E-state index in [1.165, 1.54) is 6.20 Å². The number of nitrogens with zero attached hydrogens (tertiary/aromatic N) is 5. The van der Waals surface area contributed by atoms with Crippen LogP contribution in [0.4, 0.5) is 11.4 Å². The number of pyridine rings is 2. The zero-order chi connectivity index (χ0) is 17.0. The van der Waals surface area contributed by atoms with Gasteiger partial charge in [0.15, 0.2) is 5.69 Å². The van der Waals surface area contributed by atoms with Crippen molar-refractivity contribution < 1.29 is 5.11 Å². The molecule has 1 N–H and O–H groups in total. The number of nitriles is 1. The van der Waals surface area contributed by atoms with Gasteiger partial charge in [-0.25, -0.2) is 0 Å². The molecule has 0 aliphatic heterocycles. The van der Waals surface area contributed by atoms with Crippen LogP contribution in [0.1, 0.15) is 25.0 Å². The molecule has 0 radical (unpaired) electrons. The van der Waals surface area contributed by atoms with Crippen LogP contribution in [-0.4, -0.2) is 14.7 Å². The van der Waals surface area contributed by atoms with Gasteiger partial charge in [-0.15, -0.1) is 10.2 Å². The number of aromatic nitrogens is 2. The zero-order valence-electron chi connectivity index (χ0n) is 13.2. The summed E-state index contributed by atoms with van der Waals surface area (Å²) < 4.78 is 1.16. The Balaban J connectivity index is 2.61. The lowest BCUT2D eigenvalue weighted by Gasteiger charge is -2.14. The molecule has 0 aliphatic carbocycles. The van der Waals surface area contributed by atoms with Crippen LogP contribution >= 0.6 is 0 Å². The maximum Gasteiger partial charge on any atom is 0.281 e. The summed E-state index contributed by atoms with van der Waals surface area (Å²) in [6.45, 7) is 5.68. The summed E-state index contributed by atoms with van der Waals surface area (Å²) >= 11 is 0. The average molecular weight is 311 g/mol. The van der Waals surface area contributed by atoms with E-state index in [-0.39, 0.29) is 29.6 Å². The minimum absolute atomic E-state index is 0.0328. The Morgan fingerprint density at radius 2 is 2.17 bits per heavy atom. The highest BCUT2D eigenvalue weighted by Crippen LogP contribution is 2.27. The maximum absolute atomic E-state index is 12.6. The number of hydrogen-bond acceptors (Lipinski definition) is 6. The Morgan fingerprint density at radius 1 is 1.43 bits per heavy atom. The molecule has 2 aromatic heterocycles. The van der Waals surface area contributed by atoms with Gasteiger partial charge in [-0.2, -0.15) is 5.26 Å². The second-order valence-electron chi connectivity index (χ2n) is 5.50. The fraction of sp³-hybridized carbons (Fsp3) is 0.312. The molecule has 0 aromatic carbocycles. The molecule has 0 aliphatic rings. The number of aromatic hydroxyl groups is 1. The molecule has 2 aromatic rings. The molecule has 0 atom stereocenters. The largest absolute Gasteiger partial charge is 0.493 e. The van der Waals surface area contributed by atoms with Crippen molar-refractivity contribution in [3.8, 4) is 11.9 Å². The average Bonchev–Trinajstić information content (AvgIpc) is 2.53. The fourth-order valence-electron chi connectivity index (χ4n) is 2.11. The van der Waals surface area contributed by atoms with Gasteiger partial charge >= 0.3 is 0 Å². The summed E-state index contributed by atoms with van der Waals surface area (Å²) in [6.07, 6.45) is 3.12. The van der Waals surface area contributed by atoms with Crippen molar-refractivity contribution in [2.45, 2.75) is 27.3 Å². The van der Waals surface area contributed by atoms with Gasteiger partial charge in [0, 0.05) is 18.3 Å². The minimum Gasteiger partial charge on any atom is -0.493 e. The van der Waals surface area contributed by atoms with E-state index in [0.717, 1.165) is 4.57 Å². The lowest BCUT2D eigenvalue weighted by molar-refractivity contribution is 0.381. The van der Waals surface area contributed by atoms with E-state index in [9.17, 15) is 15.2 Å². The summed E-state index contributed by atoms with van der Waals surface area (Å²) in [4.78, 5) is 16.5. The van der Waals surface area contributed by atoms with Crippen LogP contribution in [0.2, 0.25) is 0 Å². The first-order chi connectivity index (χ1) is 11.0. The highest BCUT2D eigenvalue weighted by Gasteiger charge is 2.19. The standard InChI is InChI=1S/C16H17N5O2/c1-10(2)9-21-15(22)13(7-17)11(3)14(16(21)23)20-19-12-5-4-6-18-8-12/h4-6,8,10,22H,9H2,1-3H3. The summed E-state index contributed by atoms with van der Waals surface area (Å²) in [7, 11) is 0. The molecule has 118 valence electrons. The first kappa shape index (κ1) is 16.4. The van der Waals surface area contributed by atoms with Crippen molar-refractivity contribution in [3.05, 3.63) is 46.0 Å². The molecule has 2 rings (SSSR count). The van der Waals surface area contributed by atoms with Crippen LogP contribution in [0.5, 0.6) is 5.88 Å². The van der Waals surface area contributed by atoms with Gasteiger partial charge in [0.2, 0.25) is 5.88 Å². The van der Waals surface area contributed by atoms with Crippen molar-refractivity contribution >= 4 is 11.4 Å². The quantitative estimate of drug-likeness (QED) is 0.875. The minimum atomic E-state index is -0.472. The van der Waals surface area contributed by atoms with Crippen LogP contribution in [0, 0.1) is 24.2 Å². The van der Waals surface area contributed by atoms with Crippen LogP contribution in [-0.2, 0) is 6.54 Å². The smallest absolute Gasteiger partial charge is 0.281 e. The fourth-order valence-corrected chi connectivity index (χ4v) is 2.11. The predicted molar refractivity (Wildman–Crippen MR) is 85.1 cm³/mol. The van der Waals surface area contributed by atoms with E-state index in [1.807, 2.05) is 19.9 Å². The predicted octanol–water partition coefficient (Wildman–Crippen LogP) is 3.20. The number of hydrogen-bond donors (Lipinski definition) is 1. The van der Waals surface area contributed by atoms with E-state index < -0.39 is 5.56 Å². The lowest BCUT2D eigenvalue weighted by Crippen LogP contribution is -2.24. The second kappa shape index (κ2) is 6.83. The molecule has 2 heterocycles. The Labute approximate surface area is 133 Å². The Bertz CT molecular complexity index is 832. The Kier molecular flexibility index (Phi) is 4.86. The molecule has 0 saturated heterocycles. The van der Waals surface area contributed by atoms with Gasteiger partial charge < -0.3 is 5.11 Å². The zero-order valence-corrected chi connectivity index (χ0v) is 13.2. The van der Waals surface area contributed by atoms with E-state index in [0.29, 0.717) is 11.3 Å². The van der Waals surface area contributed by atoms with Crippen LogP contribution < -0.4 is 5.56 Å². The van der Waals surface area contributed by atoms with E-state index >= 15 is 0 Å². The molecular formula is C16H17N5O2. The van der Waals surface area contributed by atoms with Gasteiger partial charge in [-0.3, -0.25) is 14.3 Å². The van der Waals surface area contributed by atoms with E-state index in [2.05, 4.69) is 15.2 Å². The maximum atomic E-state index is 12.6. The van der Waals surface area contributed by atoms with Crippen molar-refractivity contribution in [2.24, 2.45) is 16.1 Å². The normalized spacial score (nSPS) is 11.1. The van der Waals surface area contributed by atoms with Gasteiger partial charge in [0.05, 0.1) is 6.20 Å². The molecule has 0 unspecified atom stereocenters. The number of azo groups is 1. The number of rotatable bonds is 4. The molecule has 7 nitrogen and oxygen atoms in total. The first-order valence-corrected chi connectivity index (χ1v) is 7.14. The van der Waals surface area contributed by atoms with E-state index in [4.69, 9.17) is 0 Å². The third kappa shape index (κ3) is 3.43. The SMILES string of the molecule is Cc1c(C#N)c(O)n(CC(C)C)c(=O)c1N=Nc1cccnc1. The monoisotopic (exact) mass is 311 g/mol. The molecular weight excluding hydrogens is 294 g/mol. The molecule has 0 fully saturated rings. The lowest BCUT2D eigenvalue weighted by atomic mass is 10.1. The summed E-state index contributed by atoms with van der Waals surface area (Å²) in [5.41, 5.74) is 0.408. The summed E-state index contributed by atoms with van der Waals surface area (Å²) in [5, 5.41) is 27.4. The third-order valence-corrected chi connectivity index (χ3v) is 3.23. The molecule has 0 spiro atoms.